The van der Waals surface area contributed by atoms with Crippen LogP contribution in [0.25, 0.3) is 0 Å². The van der Waals surface area contributed by atoms with Crippen molar-refractivity contribution in [1.29, 1.82) is 0 Å². The van der Waals surface area contributed by atoms with Crippen LogP contribution >= 0.6 is 0 Å². The Morgan fingerprint density at radius 1 is 1.53 bits per heavy atom. The second-order valence-electron chi connectivity index (χ2n) is 5.06. The molecule has 0 aromatic rings. The van der Waals surface area contributed by atoms with Crippen molar-refractivity contribution in [3.8, 4) is 0 Å². The van der Waals surface area contributed by atoms with Gasteiger partial charge in [-0.05, 0) is 11.8 Å². The minimum atomic E-state index is -0.619. The molecule has 0 radical (unpaired) electrons. The van der Waals surface area contributed by atoms with Crippen molar-refractivity contribution in [2.75, 3.05) is 6.61 Å². The van der Waals surface area contributed by atoms with Gasteiger partial charge in [0.25, 0.3) is 0 Å². The van der Waals surface area contributed by atoms with Gasteiger partial charge in [0.2, 0.25) is 0 Å². The largest absolute Gasteiger partial charge is 0.463 e. The first-order chi connectivity index (χ1) is 6.79. The molecule has 0 saturated heterocycles. The average Bonchev–Trinajstić information content (AvgIpc) is 2.38. The molecule has 1 N–H and O–H groups in total. The lowest BCUT2D eigenvalue weighted by atomic mass is 9.65. The molecule has 0 unspecified atom stereocenters. The first kappa shape index (κ1) is 12.2. The van der Waals surface area contributed by atoms with Crippen LogP contribution in [0.5, 0.6) is 0 Å². The van der Waals surface area contributed by atoms with Crippen molar-refractivity contribution in [1.82, 2.24) is 0 Å². The molecule has 0 amide bonds. The van der Waals surface area contributed by atoms with Gasteiger partial charge < -0.3 is 9.84 Å². The lowest BCUT2D eigenvalue weighted by molar-refractivity contribution is -0.148. The number of allylic oxidation sites excluding steroid dienone is 2. The van der Waals surface area contributed by atoms with E-state index in [0.717, 1.165) is 6.42 Å². The van der Waals surface area contributed by atoms with E-state index >= 15 is 0 Å². The van der Waals surface area contributed by atoms with Crippen LogP contribution in [-0.2, 0) is 9.53 Å². The summed E-state index contributed by atoms with van der Waals surface area (Å²) in [4.78, 5) is 10.7. The van der Waals surface area contributed by atoms with Gasteiger partial charge in [-0.2, -0.15) is 0 Å². The summed E-state index contributed by atoms with van der Waals surface area (Å²) in [6, 6.07) is 0. The number of rotatable bonds is 3. The lowest BCUT2D eigenvalue weighted by Gasteiger charge is -2.41. The van der Waals surface area contributed by atoms with Gasteiger partial charge >= 0.3 is 5.97 Å². The number of aliphatic hydroxyl groups excluding tert-OH is 1. The molecule has 1 aliphatic rings. The lowest BCUT2D eigenvalue weighted by Crippen LogP contribution is -2.43. The Bertz CT molecular complexity index is 281. The van der Waals surface area contributed by atoms with Crippen LogP contribution in [0.1, 0.15) is 34.1 Å². The van der Waals surface area contributed by atoms with Crippen LogP contribution in [0, 0.1) is 10.8 Å². The third kappa shape index (κ3) is 2.23. The van der Waals surface area contributed by atoms with Crippen molar-refractivity contribution < 1.29 is 14.6 Å². The van der Waals surface area contributed by atoms with E-state index in [2.05, 4.69) is 26.0 Å². The quantitative estimate of drug-likeness (QED) is 0.574. The number of hydrogen-bond donors (Lipinski definition) is 1. The predicted molar refractivity (Wildman–Crippen MR) is 58.3 cm³/mol. The van der Waals surface area contributed by atoms with E-state index in [4.69, 9.17) is 4.74 Å². The third-order valence-corrected chi connectivity index (χ3v) is 3.73. The van der Waals surface area contributed by atoms with E-state index in [9.17, 15) is 9.90 Å². The summed E-state index contributed by atoms with van der Waals surface area (Å²) < 4.78 is 4.86. The average molecular weight is 212 g/mol. The molecule has 0 aliphatic heterocycles. The highest BCUT2D eigenvalue weighted by Gasteiger charge is 2.47. The zero-order chi connectivity index (χ0) is 11.7. The molecule has 0 aromatic heterocycles. The Morgan fingerprint density at radius 3 is 2.53 bits per heavy atom. The number of ether oxygens (including phenoxy) is 1. The maximum atomic E-state index is 10.7. The minimum absolute atomic E-state index is 0.0629. The molecular formula is C12H20O3. The maximum Gasteiger partial charge on any atom is 0.302 e. The molecule has 0 saturated carbocycles. The SMILES string of the molecule is CC(=O)OC[C@@H](O)[C@@]1(C)CC=CC1(C)C. The van der Waals surface area contributed by atoms with E-state index in [1.807, 2.05) is 6.92 Å². The van der Waals surface area contributed by atoms with Crippen molar-refractivity contribution in [3.05, 3.63) is 12.2 Å². The van der Waals surface area contributed by atoms with E-state index in [0.29, 0.717) is 0 Å². The number of esters is 1. The highest BCUT2D eigenvalue weighted by Crippen LogP contribution is 2.50. The van der Waals surface area contributed by atoms with Crippen LogP contribution < -0.4 is 0 Å². The van der Waals surface area contributed by atoms with E-state index in [1.54, 1.807) is 0 Å². The third-order valence-electron chi connectivity index (χ3n) is 3.73. The Balaban J connectivity index is 2.66. The number of carbonyl (C=O) groups excluding carboxylic acids is 1. The van der Waals surface area contributed by atoms with E-state index in [1.165, 1.54) is 6.92 Å². The van der Waals surface area contributed by atoms with Crippen LogP contribution in [0.2, 0.25) is 0 Å². The highest BCUT2D eigenvalue weighted by atomic mass is 16.5. The number of hydrogen-bond acceptors (Lipinski definition) is 3. The summed E-state index contributed by atoms with van der Waals surface area (Å²) in [5.41, 5.74) is -0.311. The topological polar surface area (TPSA) is 46.5 Å². The molecule has 0 aromatic carbocycles. The van der Waals surface area contributed by atoms with Gasteiger partial charge in [0.05, 0.1) is 6.10 Å². The normalized spacial score (nSPS) is 30.2. The molecule has 0 spiro atoms. The molecule has 15 heavy (non-hydrogen) atoms. The monoisotopic (exact) mass is 212 g/mol. The number of aliphatic hydroxyl groups is 1. The van der Waals surface area contributed by atoms with Crippen LogP contribution in [0.15, 0.2) is 12.2 Å². The minimum Gasteiger partial charge on any atom is -0.463 e. The van der Waals surface area contributed by atoms with Gasteiger partial charge in [-0.3, -0.25) is 4.79 Å². The first-order valence-electron chi connectivity index (χ1n) is 5.29. The molecule has 2 atom stereocenters. The fourth-order valence-electron chi connectivity index (χ4n) is 2.00. The molecule has 1 aliphatic carbocycles. The van der Waals surface area contributed by atoms with Gasteiger partial charge in [0.1, 0.15) is 6.61 Å². The standard InChI is InChI=1S/C12H20O3/c1-9(13)15-8-10(14)12(4)7-5-6-11(12,2)3/h5-6,10,14H,7-8H2,1-4H3/t10-,12-/m1/s1. The Morgan fingerprint density at radius 2 is 2.13 bits per heavy atom. The summed E-state index contributed by atoms with van der Waals surface area (Å²) in [7, 11) is 0. The van der Waals surface area contributed by atoms with Crippen molar-refractivity contribution in [2.45, 2.75) is 40.2 Å². The Labute approximate surface area is 91.1 Å². The molecule has 0 fully saturated rings. The molecule has 0 bridgehead atoms. The van der Waals surface area contributed by atoms with Crippen molar-refractivity contribution in [2.24, 2.45) is 10.8 Å². The van der Waals surface area contributed by atoms with Crippen LogP contribution in [-0.4, -0.2) is 23.8 Å². The smallest absolute Gasteiger partial charge is 0.302 e. The molecule has 3 heteroatoms. The summed E-state index contributed by atoms with van der Waals surface area (Å²) >= 11 is 0. The van der Waals surface area contributed by atoms with Crippen LogP contribution in [0.3, 0.4) is 0 Å². The fourth-order valence-corrected chi connectivity index (χ4v) is 2.00. The zero-order valence-corrected chi connectivity index (χ0v) is 9.91. The Kier molecular flexibility index (Phi) is 3.24. The highest BCUT2D eigenvalue weighted by molar-refractivity contribution is 5.65. The predicted octanol–water partition coefficient (Wildman–Crippen LogP) is 1.90. The molecule has 1 rings (SSSR count). The van der Waals surface area contributed by atoms with Crippen molar-refractivity contribution >= 4 is 5.97 Å². The zero-order valence-electron chi connectivity index (χ0n) is 9.91. The second kappa shape index (κ2) is 3.97. The van der Waals surface area contributed by atoms with Gasteiger partial charge in [-0.25, -0.2) is 0 Å². The first-order valence-corrected chi connectivity index (χ1v) is 5.29. The van der Waals surface area contributed by atoms with Gasteiger partial charge in [0, 0.05) is 12.3 Å². The number of carbonyl (C=O) groups is 1. The summed E-state index contributed by atoms with van der Waals surface area (Å²) in [5, 5.41) is 10.1. The van der Waals surface area contributed by atoms with Crippen molar-refractivity contribution in [3.63, 3.8) is 0 Å². The van der Waals surface area contributed by atoms with E-state index < -0.39 is 6.10 Å². The van der Waals surface area contributed by atoms with Crippen LogP contribution in [0.4, 0.5) is 0 Å². The second-order valence-corrected chi connectivity index (χ2v) is 5.06. The summed E-state index contributed by atoms with van der Waals surface area (Å²) in [6.45, 7) is 7.65. The van der Waals surface area contributed by atoms with Gasteiger partial charge in [-0.15, -0.1) is 0 Å². The molecule has 0 heterocycles. The molecule has 86 valence electrons. The maximum absolute atomic E-state index is 10.7. The summed E-state index contributed by atoms with van der Waals surface area (Å²) in [5.74, 6) is -0.346. The summed E-state index contributed by atoms with van der Waals surface area (Å²) in [6.07, 6.45) is 4.40. The van der Waals surface area contributed by atoms with Gasteiger partial charge in [0.15, 0.2) is 0 Å². The molecular weight excluding hydrogens is 192 g/mol. The fraction of sp³-hybridized carbons (Fsp3) is 0.750. The molecule has 3 nitrogen and oxygen atoms in total. The van der Waals surface area contributed by atoms with Gasteiger partial charge in [-0.1, -0.05) is 32.9 Å². The van der Waals surface area contributed by atoms with E-state index in [-0.39, 0.29) is 23.4 Å². The Hall–Kier alpha value is -0.830.